The van der Waals surface area contributed by atoms with Crippen LogP contribution in [0, 0.1) is 23.7 Å². The van der Waals surface area contributed by atoms with Crippen molar-refractivity contribution < 1.29 is 19.1 Å². The van der Waals surface area contributed by atoms with Crippen molar-refractivity contribution in [1.29, 1.82) is 0 Å². The number of hydrogen-bond acceptors (Lipinski definition) is 4. The van der Waals surface area contributed by atoms with Crippen LogP contribution >= 0.6 is 15.9 Å². The summed E-state index contributed by atoms with van der Waals surface area (Å²) in [5, 5.41) is 0. The molecule has 5 nitrogen and oxygen atoms in total. The number of rotatable bonds is 5. The van der Waals surface area contributed by atoms with E-state index in [-0.39, 0.29) is 23.7 Å². The lowest BCUT2D eigenvalue weighted by Crippen LogP contribution is -2.33. The first-order chi connectivity index (χ1) is 17.5. The van der Waals surface area contributed by atoms with Gasteiger partial charge in [-0.05, 0) is 70.8 Å². The van der Waals surface area contributed by atoms with Gasteiger partial charge < -0.3 is 9.47 Å². The quantitative estimate of drug-likeness (QED) is 0.298. The molecule has 0 spiro atoms. The van der Waals surface area contributed by atoms with Gasteiger partial charge in [-0.15, -0.1) is 0 Å². The molecule has 4 atom stereocenters. The van der Waals surface area contributed by atoms with Gasteiger partial charge >= 0.3 is 0 Å². The van der Waals surface area contributed by atoms with Crippen molar-refractivity contribution in [3.63, 3.8) is 0 Å². The highest BCUT2D eigenvalue weighted by Gasteiger charge is 2.62. The van der Waals surface area contributed by atoms with Crippen molar-refractivity contribution in [2.24, 2.45) is 23.7 Å². The standard InChI is InChI=1S/C30H24BrNO4/c1-35-21-11-3-17(4-12-21)25(18-5-13-22(36-2)14-6-18)26-23-15-16-24(26)28-27(23)29(33)32(30(28)34)20-9-7-19(31)8-10-20/h3-16,23-24,27-28H,1-2H3/t23-,24-,27+,28+/m1/s1. The molecule has 2 fully saturated rings. The van der Waals surface area contributed by atoms with Crippen LogP contribution in [0.2, 0.25) is 0 Å². The Labute approximate surface area is 218 Å². The second-order valence-electron chi connectivity index (χ2n) is 9.26. The molecule has 180 valence electrons. The van der Waals surface area contributed by atoms with Gasteiger partial charge in [0, 0.05) is 16.3 Å². The zero-order chi connectivity index (χ0) is 25.0. The van der Waals surface area contributed by atoms with Gasteiger partial charge in [-0.2, -0.15) is 0 Å². The molecule has 1 saturated carbocycles. The Morgan fingerprint density at radius 1 is 0.694 bits per heavy atom. The molecule has 3 aromatic carbocycles. The minimum Gasteiger partial charge on any atom is -0.497 e. The molecule has 36 heavy (non-hydrogen) atoms. The summed E-state index contributed by atoms with van der Waals surface area (Å²) < 4.78 is 11.6. The lowest BCUT2D eigenvalue weighted by atomic mass is 9.85. The minimum atomic E-state index is -0.391. The van der Waals surface area contributed by atoms with Gasteiger partial charge in [0.25, 0.3) is 0 Å². The minimum absolute atomic E-state index is 0.120. The lowest BCUT2D eigenvalue weighted by Gasteiger charge is -2.22. The largest absolute Gasteiger partial charge is 0.497 e. The molecule has 0 aromatic heterocycles. The third kappa shape index (κ3) is 3.43. The summed E-state index contributed by atoms with van der Waals surface area (Å²) in [6.07, 6.45) is 4.23. The second kappa shape index (κ2) is 8.79. The number of nitrogens with zero attached hydrogens (tertiary/aromatic N) is 1. The number of allylic oxidation sites excluding steroid dienone is 3. The fourth-order valence-corrected chi connectivity index (χ4v) is 6.22. The highest BCUT2D eigenvalue weighted by atomic mass is 79.9. The monoisotopic (exact) mass is 541 g/mol. The number of halogens is 1. The van der Waals surface area contributed by atoms with Gasteiger partial charge in [0.05, 0.1) is 31.7 Å². The second-order valence-corrected chi connectivity index (χ2v) is 10.2. The molecule has 2 amide bonds. The van der Waals surface area contributed by atoms with E-state index in [1.54, 1.807) is 14.2 Å². The molecule has 2 aliphatic carbocycles. The Balaban J connectivity index is 1.47. The van der Waals surface area contributed by atoms with Crippen molar-refractivity contribution in [3.05, 3.63) is 106 Å². The maximum atomic E-state index is 13.7. The third-order valence-corrected chi connectivity index (χ3v) is 8.08. The van der Waals surface area contributed by atoms with Crippen molar-refractivity contribution in [1.82, 2.24) is 0 Å². The van der Waals surface area contributed by atoms with Crippen molar-refractivity contribution in [2.45, 2.75) is 0 Å². The van der Waals surface area contributed by atoms with E-state index in [2.05, 4.69) is 28.1 Å². The summed E-state index contributed by atoms with van der Waals surface area (Å²) in [5.41, 5.74) is 4.87. The first-order valence-corrected chi connectivity index (χ1v) is 12.7. The Morgan fingerprint density at radius 2 is 1.14 bits per heavy atom. The van der Waals surface area contributed by atoms with Crippen molar-refractivity contribution >= 4 is 39.0 Å². The molecule has 0 unspecified atom stereocenters. The molecule has 0 N–H and O–H groups in total. The van der Waals surface area contributed by atoms with E-state index in [9.17, 15) is 9.59 Å². The Kier molecular flexibility index (Phi) is 5.56. The van der Waals surface area contributed by atoms with Crippen LogP contribution in [0.4, 0.5) is 5.69 Å². The van der Waals surface area contributed by atoms with Crippen molar-refractivity contribution in [2.75, 3.05) is 19.1 Å². The Morgan fingerprint density at radius 3 is 1.56 bits per heavy atom. The van der Waals surface area contributed by atoms with Crippen LogP contribution < -0.4 is 14.4 Å². The summed E-state index contributed by atoms with van der Waals surface area (Å²) in [7, 11) is 3.29. The van der Waals surface area contributed by atoms with Crippen LogP contribution in [0.3, 0.4) is 0 Å². The average Bonchev–Trinajstić information content (AvgIpc) is 3.55. The van der Waals surface area contributed by atoms with Crippen LogP contribution in [-0.2, 0) is 9.59 Å². The number of imide groups is 1. The fraction of sp³-hybridized carbons (Fsp3) is 0.200. The normalized spacial score (nSPS) is 23.9. The van der Waals surface area contributed by atoms with E-state index in [1.165, 1.54) is 4.90 Å². The zero-order valence-corrected chi connectivity index (χ0v) is 21.4. The first-order valence-electron chi connectivity index (χ1n) is 11.9. The molecular formula is C30H24BrNO4. The van der Waals surface area contributed by atoms with Crippen molar-refractivity contribution in [3.8, 4) is 11.5 Å². The van der Waals surface area contributed by atoms with E-state index in [4.69, 9.17) is 9.47 Å². The number of anilines is 1. The smallest absolute Gasteiger partial charge is 0.238 e. The maximum Gasteiger partial charge on any atom is 0.238 e. The van der Waals surface area contributed by atoms with Crippen LogP contribution in [-0.4, -0.2) is 26.0 Å². The van der Waals surface area contributed by atoms with Crippen LogP contribution in [0.15, 0.2) is 95.0 Å². The summed E-state index contributed by atoms with van der Waals surface area (Å²) in [5.74, 6) is 0.272. The van der Waals surface area contributed by atoms with E-state index in [0.29, 0.717) is 5.69 Å². The average molecular weight is 542 g/mol. The lowest BCUT2D eigenvalue weighted by molar-refractivity contribution is -0.122. The first kappa shape index (κ1) is 22.8. The number of benzene rings is 3. The zero-order valence-electron chi connectivity index (χ0n) is 19.9. The van der Waals surface area contributed by atoms with Crippen LogP contribution in [0.25, 0.3) is 5.57 Å². The number of methoxy groups -OCH3 is 2. The molecule has 0 radical (unpaired) electrons. The van der Waals surface area contributed by atoms with Gasteiger partial charge in [0.2, 0.25) is 11.8 Å². The van der Waals surface area contributed by atoms with E-state index in [0.717, 1.165) is 38.2 Å². The maximum absolute atomic E-state index is 13.7. The van der Waals surface area contributed by atoms with Gasteiger partial charge in [0.15, 0.2) is 0 Å². The molecule has 6 heteroatoms. The summed E-state index contributed by atoms with van der Waals surface area (Å²) in [6, 6.07) is 23.3. The number of ether oxygens (including phenoxy) is 2. The topological polar surface area (TPSA) is 55.8 Å². The number of hydrogen-bond donors (Lipinski definition) is 0. The summed E-state index contributed by atoms with van der Waals surface area (Å²) in [6.45, 7) is 0. The summed E-state index contributed by atoms with van der Waals surface area (Å²) in [4.78, 5) is 28.8. The van der Waals surface area contributed by atoms with Gasteiger partial charge in [-0.1, -0.05) is 52.3 Å². The molecule has 3 aromatic rings. The number of amides is 2. The Hall–Kier alpha value is -3.64. The predicted octanol–water partition coefficient (Wildman–Crippen LogP) is 5.89. The number of carbonyl (C=O) groups excluding carboxylic acids is 2. The molecule has 1 heterocycles. The molecule has 6 rings (SSSR count). The summed E-state index contributed by atoms with van der Waals surface area (Å²) >= 11 is 3.43. The van der Waals surface area contributed by atoms with Gasteiger partial charge in [-0.3, -0.25) is 9.59 Å². The number of carbonyl (C=O) groups is 2. The van der Waals surface area contributed by atoms with E-state index in [1.807, 2.05) is 72.8 Å². The highest BCUT2D eigenvalue weighted by Crippen LogP contribution is 2.59. The predicted molar refractivity (Wildman–Crippen MR) is 142 cm³/mol. The SMILES string of the molecule is COc1ccc(C(=C2[C@H]3C=C[C@H]2[C@@H]2C(=O)N(c4ccc(Br)cc4)C(=O)[C@H]23)c2ccc(OC)cc2)cc1. The molecule has 3 aliphatic rings. The van der Waals surface area contributed by atoms with Gasteiger partial charge in [-0.25, -0.2) is 4.90 Å². The van der Waals surface area contributed by atoms with E-state index < -0.39 is 11.8 Å². The fourth-order valence-electron chi connectivity index (χ4n) is 5.96. The highest BCUT2D eigenvalue weighted by molar-refractivity contribution is 9.10. The Bertz CT molecular complexity index is 1320. The molecule has 1 aliphatic heterocycles. The third-order valence-electron chi connectivity index (χ3n) is 7.55. The molecular weight excluding hydrogens is 518 g/mol. The van der Waals surface area contributed by atoms with Crippen LogP contribution in [0.5, 0.6) is 11.5 Å². The molecule has 2 bridgehead atoms. The van der Waals surface area contributed by atoms with Gasteiger partial charge in [0.1, 0.15) is 11.5 Å². The molecule has 1 saturated heterocycles. The van der Waals surface area contributed by atoms with E-state index >= 15 is 0 Å². The number of fused-ring (bicyclic) bond motifs is 5. The van der Waals surface area contributed by atoms with Crippen LogP contribution in [0.1, 0.15) is 11.1 Å².